The molecule has 2 aliphatic heterocycles. The molecule has 0 aliphatic carbocycles. The van der Waals surface area contributed by atoms with Gasteiger partial charge in [0.15, 0.2) is 5.96 Å². The van der Waals surface area contributed by atoms with E-state index in [9.17, 15) is 0 Å². The van der Waals surface area contributed by atoms with Gasteiger partial charge in [0.05, 0.1) is 12.3 Å². The lowest BCUT2D eigenvalue weighted by Gasteiger charge is -2.28. The highest BCUT2D eigenvalue weighted by Gasteiger charge is 2.25. The van der Waals surface area contributed by atoms with E-state index >= 15 is 0 Å². The Morgan fingerprint density at radius 1 is 1.12 bits per heavy atom. The number of aliphatic imine (C=N–C) groups is 1. The van der Waals surface area contributed by atoms with Gasteiger partial charge < -0.3 is 20.0 Å². The van der Waals surface area contributed by atoms with E-state index < -0.39 is 0 Å². The molecule has 0 aromatic carbocycles. The van der Waals surface area contributed by atoms with Gasteiger partial charge in [0.25, 0.3) is 0 Å². The molecule has 3 rings (SSSR count). The summed E-state index contributed by atoms with van der Waals surface area (Å²) in [6.07, 6.45) is 8.39. The Morgan fingerprint density at radius 2 is 1.85 bits per heavy atom. The fraction of sp³-hybridized carbons (Fsp3) is 0.737. The van der Waals surface area contributed by atoms with Gasteiger partial charge in [0.1, 0.15) is 5.76 Å². The summed E-state index contributed by atoms with van der Waals surface area (Å²) in [6.45, 7) is 7.62. The predicted octanol–water partition coefficient (Wildman–Crippen LogP) is 2.69. The second kappa shape index (κ2) is 11.8. The molecule has 2 aliphatic rings. The van der Waals surface area contributed by atoms with Crippen molar-refractivity contribution in [1.82, 2.24) is 20.4 Å². The highest BCUT2D eigenvalue weighted by Crippen LogP contribution is 2.24. The molecule has 2 saturated heterocycles. The molecule has 1 aromatic rings. The zero-order valence-electron chi connectivity index (χ0n) is 16.0. The van der Waals surface area contributed by atoms with E-state index in [1.807, 2.05) is 13.1 Å². The Kier molecular flexibility index (Phi) is 9.77. The molecule has 2 N–H and O–H groups in total. The molecule has 1 aromatic heterocycles. The molecule has 26 heavy (non-hydrogen) atoms. The van der Waals surface area contributed by atoms with Crippen LogP contribution in [0, 0.1) is 0 Å². The van der Waals surface area contributed by atoms with Crippen LogP contribution in [0.4, 0.5) is 0 Å². The zero-order chi connectivity index (χ0) is 17.3. The summed E-state index contributed by atoms with van der Waals surface area (Å²) in [5.41, 5.74) is 0. The third-order valence-corrected chi connectivity index (χ3v) is 5.31. The normalized spacial score (nSPS) is 20.6. The molecular weight excluding hydrogens is 441 g/mol. The average Bonchev–Trinajstić information content (AvgIpc) is 3.36. The highest BCUT2D eigenvalue weighted by atomic mass is 127. The number of hydrogen-bond acceptors (Lipinski definition) is 4. The van der Waals surface area contributed by atoms with Gasteiger partial charge in [0.2, 0.25) is 0 Å². The molecule has 0 spiro atoms. The van der Waals surface area contributed by atoms with Crippen LogP contribution in [0.2, 0.25) is 0 Å². The van der Waals surface area contributed by atoms with E-state index in [1.54, 1.807) is 6.26 Å². The number of furan rings is 1. The topological polar surface area (TPSA) is 56.0 Å². The molecule has 2 fully saturated rings. The summed E-state index contributed by atoms with van der Waals surface area (Å²) in [6, 6.07) is 4.33. The summed E-state index contributed by atoms with van der Waals surface area (Å²) < 4.78 is 5.69. The van der Waals surface area contributed by atoms with E-state index in [4.69, 9.17) is 4.42 Å². The Hall–Kier alpha value is -0.800. The number of likely N-dealkylation sites (tertiary alicyclic amines) is 2. The lowest BCUT2D eigenvalue weighted by atomic mass is 10.1. The number of piperidine rings is 1. The number of nitrogens with one attached hydrogen (secondary N) is 2. The molecule has 7 heteroatoms. The van der Waals surface area contributed by atoms with Gasteiger partial charge in [-0.25, -0.2) is 0 Å². The van der Waals surface area contributed by atoms with Gasteiger partial charge >= 0.3 is 0 Å². The van der Waals surface area contributed by atoms with Gasteiger partial charge in [0, 0.05) is 26.7 Å². The van der Waals surface area contributed by atoms with Gasteiger partial charge in [-0.05, 0) is 64.0 Å². The zero-order valence-corrected chi connectivity index (χ0v) is 18.3. The van der Waals surface area contributed by atoms with E-state index in [2.05, 4.69) is 31.5 Å². The molecule has 1 atom stereocenters. The van der Waals surface area contributed by atoms with E-state index in [-0.39, 0.29) is 30.0 Å². The quantitative estimate of drug-likeness (QED) is 0.361. The van der Waals surface area contributed by atoms with Crippen LogP contribution in [0.3, 0.4) is 0 Å². The third kappa shape index (κ3) is 6.42. The SMILES string of the molecule is CN=C(NCCN1CCCCC1)NCC(c1ccco1)N1CCCC1.I. The largest absolute Gasteiger partial charge is 0.468 e. The lowest BCUT2D eigenvalue weighted by molar-refractivity contribution is 0.215. The molecule has 0 amide bonds. The minimum absolute atomic E-state index is 0. The van der Waals surface area contributed by atoms with Gasteiger partial charge in [-0.3, -0.25) is 9.89 Å². The van der Waals surface area contributed by atoms with Crippen molar-refractivity contribution in [1.29, 1.82) is 0 Å². The fourth-order valence-electron chi connectivity index (χ4n) is 3.87. The lowest BCUT2D eigenvalue weighted by Crippen LogP contribution is -2.45. The van der Waals surface area contributed by atoms with Crippen LogP contribution in [-0.2, 0) is 0 Å². The van der Waals surface area contributed by atoms with Crippen molar-refractivity contribution in [2.45, 2.75) is 38.1 Å². The molecule has 6 nitrogen and oxygen atoms in total. The van der Waals surface area contributed by atoms with Gasteiger partial charge in [-0.15, -0.1) is 24.0 Å². The molecule has 1 unspecified atom stereocenters. The minimum Gasteiger partial charge on any atom is -0.468 e. The molecule has 0 radical (unpaired) electrons. The average molecular weight is 475 g/mol. The number of nitrogens with zero attached hydrogens (tertiary/aromatic N) is 3. The van der Waals surface area contributed by atoms with Crippen molar-refractivity contribution >= 4 is 29.9 Å². The van der Waals surface area contributed by atoms with E-state index in [0.29, 0.717) is 0 Å². The maximum atomic E-state index is 5.69. The van der Waals surface area contributed by atoms with Crippen LogP contribution in [0.25, 0.3) is 0 Å². The van der Waals surface area contributed by atoms with Crippen molar-refractivity contribution in [3.05, 3.63) is 24.2 Å². The summed E-state index contributed by atoms with van der Waals surface area (Å²) in [7, 11) is 1.84. The summed E-state index contributed by atoms with van der Waals surface area (Å²) in [5.74, 6) is 1.92. The highest BCUT2D eigenvalue weighted by molar-refractivity contribution is 14.0. The first kappa shape index (κ1) is 21.5. The fourth-order valence-corrected chi connectivity index (χ4v) is 3.87. The van der Waals surface area contributed by atoms with Crippen molar-refractivity contribution < 1.29 is 4.42 Å². The molecular formula is C19H34IN5O. The predicted molar refractivity (Wildman–Crippen MR) is 117 cm³/mol. The Bertz CT molecular complexity index is 510. The summed E-state index contributed by atoms with van der Waals surface area (Å²) >= 11 is 0. The van der Waals surface area contributed by atoms with Crippen LogP contribution in [0.5, 0.6) is 0 Å². The van der Waals surface area contributed by atoms with Crippen LogP contribution in [0.1, 0.15) is 43.9 Å². The Balaban J connectivity index is 0.00000243. The number of rotatable bonds is 7. The summed E-state index contributed by atoms with van der Waals surface area (Å²) in [4.78, 5) is 9.43. The molecule has 3 heterocycles. The first-order chi connectivity index (χ1) is 12.4. The minimum atomic E-state index is 0. The van der Waals surface area contributed by atoms with Crippen molar-refractivity contribution in [3.8, 4) is 0 Å². The first-order valence-corrected chi connectivity index (χ1v) is 9.81. The van der Waals surface area contributed by atoms with E-state index in [0.717, 1.165) is 44.4 Å². The van der Waals surface area contributed by atoms with Crippen LogP contribution in [-0.4, -0.2) is 68.6 Å². The number of halogens is 1. The van der Waals surface area contributed by atoms with Crippen LogP contribution >= 0.6 is 24.0 Å². The maximum Gasteiger partial charge on any atom is 0.191 e. The Morgan fingerprint density at radius 3 is 2.50 bits per heavy atom. The van der Waals surface area contributed by atoms with Gasteiger partial charge in [-0.1, -0.05) is 6.42 Å². The summed E-state index contributed by atoms with van der Waals surface area (Å²) in [5, 5.41) is 6.95. The smallest absolute Gasteiger partial charge is 0.191 e. The standard InChI is InChI=1S/C19H33N5O.HI/c1-20-19(21-9-14-23-10-3-2-4-11-23)22-16-17(18-8-7-15-25-18)24-12-5-6-13-24;/h7-8,15,17H,2-6,9-14,16H2,1H3,(H2,20,21,22);1H. The monoisotopic (exact) mass is 475 g/mol. The number of guanidine groups is 1. The molecule has 0 bridgehead atoms. The third-order valence-electron chi connectivity index (χ3n) is 5.31. The van der Waals surface area contributed by atoms with E-state index in [1.165, 1.54) is 45.2 Å². The van der Waals surface area contributed by atoms with Crippen molar-refractivity contribution in [2.24, 2.45) is 4.99 Å². The second-order valence-electron chi connectivity index (χ2n) is 7.06. The second-order valence-corrected chi connectivity index (χ2v) is 7.06. The Labute approximate surface area is 174 Å². The van der Waals surface area contributed by atoms with Crippen molar-refractivity contribution in [3.63, 3.8) is 0 Å². The van der Waals surface area contributed by atoms with Crippen LogP contribution < -0.4 is 10.6 Å². The maximum absolute atomic E-state index is 5.69. The van der Waals surface area contributed by atoms with Gasteiger partial charge in [-0.2, -0.15) is 0 Å². The number of hydrogen-bond donors (Lipinski definition) is 2. The molecule has 148 valence electrons. The first-order valence-electron chi connectivity index (χ1n) is 9.81. The van der Waals surface area contributed by atoms with Crippen molar-refractivity contribution in [2.75, 3.05) is 52.9 Å². The van der Waals surface area contributed by atoms with Crippen LogP contribution in [0.15, 0.2) is 27.8 Å². The molecule has 0 saturated carbocycles.